The number of rotatable bonds is 1. The average molecular weight is 312 g/mol. The number of hydrogen-bond donors (Lipinski definition) is 1. The minimum atomic E-state index is -3.13. The van der Waals surface area contributed by atoms with Crippen molar-refractivity contribution in [2.24, 2.45) is 0 Å². The molecule has 1 N–H and O–H groups in total. The first kappa shape index (κ1) is 14.1. The first-order valence-corrected chi connectivity index (χ1v) is 8.05. The Morgan fingerprint density at radius 3 is 2.72 bits per heavy atom. The Labute approximate surface area is 115 Å². The van der Waals surface area contributed by atoms with Crippen molar-refractivity contribution in [2.75, 3.05) is 18.1 Å². The lowest BCUT2D eigenvalue weighted by Crippen LogP contribution is -2.25. The van der Waals surface area contributed by atoms with E-state index in [2.05, 4.69) is 5.32 Å². The van der Waals surface area contributed by atoms with Crippen LogP contribution in [0.15, 0.2) is 12.1 Å². The summed E-state index contributed by atoms with van der Waals surface area (Å²) in [6.07, 6.45) is 0.548. The third-order valence-electron chi connectivity index (χ3n) is 2.86. The van der Waals surface area contributed by atoms with E-state index in [0.717, 1.165) is 0 Å². The van der Waals surface area contributed by atoms with E-state index in [1.54, 1.807) is 0 Å². The van der Waals surface area contributed by atoms with Crippen molar-refractivity contribution >= 4 is 33.0 Å². The van der Waals surface area contributed by atoms with Gasteiger partial charge in [0.05, 0.1) is 16.5 Å². The fourth-order valence-corrected chi connectivity index (χ4v) is 4.04. The van der Waals surface area contributed by atoms with Crippen molar-refractivity contribution in [3.05, 3.63) is 33.6 Å². The van der Waals surface area contributed by atoms with Crippen LogP contribution in [0.25, 0.3) is 0 Å². The molecule has 0 bridgehead atoms. The molecule has 1 saturated heterocycles. The Morgan fingerprint density at radius 1 is 1.28 bits per heavy atom. The van der Waals surface area contributed by atoms with Crippen LogP contribution in [0.4, 0.5) is 4.39 Å². The third kappa shape index (κ3) is 3.15. The van der Waals surface area contributed by atoms with Crippen molar-refractivity contribution in [1.29, 1.82) is 0 Å². The number of sulfone groups is 1. The van der Waals surface area contributed by atoms with Crippen LogP contribution >= 0.6 is 23.2 Å². The maximum absolute atomic E-state index is 13.4. The molecule has 3 nitrogen and oxygen atoms in total. The van der Waals surface area contributed by atoms with Gasteiger partial charge in [-0.15, -0.1) is 0 Å². The zero-order valence-corrected chi connectivity index (χ0v) is 11.7. The molecule has 1 aromatic carbocycles. The standard InChI is InChI=1S/C11H12Cl2FNO2S/c12-8-5-9(13)10(14)4-7(8)11-6-18(16,17)3-1-2-15-11/h4-5,11,15H,1-3,6H2. The second kappa shape index (κ2) is 5.33. The van der Waals surface area contributed by atoms with Gasteiger partial charge in [-0.05, 0) is 30.7 Å². The normalized spacial score (nSPS) is 23.6. The zero-order chi connectivity index (χ0) is 13.3. The molecule has 1 heterocycles. The van der Waals surface area contributed by atoms with E-state index in [0.29, 0.717) is 18.5 Å². The second-order valence-electron chi connectivity index (χ2n) is 4.26. The second-order valence-corrected chi connectivity index (χ2v) is 7.31. The molecule has 1 fully saturated rings. The van der Waals surface area contributed by atoms with Crippen LogP contribution in [0.1, 0.15) is 18.0 Å². The van der Waals surface area contributed by atoms with Gasteiger partial charge >= 0.3 is 0 Å². The topological polar surface area (TPSA) is 46.2 Å². The largest absolute Gasteiger partial charge is 0.309 e. The van der Waals surface area contributed by atoms with Crippen molar-refractivity contribution < 1.29 is 12.8 Å². The first-order valence-electron chi connectivity index (χ1n) is 5.47. The van der Waals surface area contributed by atoms with Gasteiger partial charge in [0, 0.05) is 11.1 Å². The number of benzene rings is 1. The van der Waals surface area contributed by atoms with Gasteiger partial charge < -0.3 is 5.32 Å². The van der Waals surface area contributed by atoms with Gasteiger partial charge in [-0.2, -0.15) is 0 Å². The third-order valence-corrected chi connectivity index (χ3v) is 5.23. The van der Waals surface area contributed by atoms with E-state index < -0.39 is 21.7 Å². The number of hydrogen-bond acceptors (Lipinski definition) is 3. The predicted octanol–water partition coefficient (Wildman–Crippen LogP) is 2.58. The lowest BCUT2D eigenvalue weighted by atomic mass is 10.1. The quantitative estimate of drug-likeness (QED) is 0.811. The molecular weight excluding hydrogens is 300 g/mol. The molecular formula is C11H12Cl2FNO2S. The van der Waals surface area contributed by atoms with Gasteiger partial charge in [-0.25, -0.2) is 12.8 Å². The number of halogens is 3. The minimum absolute atomic E-state index is 0.0692. The van der Waals surface area contributed by atoms with Gasteiger partial charge in [-0.1, -0.05) is 23.2 Å². The van der Waals surface area contributed by atoms with Crippen molar-refractivity contribution in [3.63, 3.8) is 0 Å². The van der Waals surface area contributed by atoms with Crippen LogP contribution in [0.5, 0.6) is 0 Å². The smallest absolute Gasteiger partial charge is 0.152 e. The van der Waals surface area contributed by atoms with E-state index in [-0.39, 0.29) is 21.6 Å². The van der Waals surface area contributed by atoms with Crippen LogP contribution in [0, 0.1) is 5.82 Å². The molecule has 0 amide bonds. The molecule has 0 aliphatic carbocycles. The van der Waals surface area contributed by atoms with E-state index in [1.165, 1.54) is 12.1 Å². The molecule has 0 radical (unpaired) electrons. The van der Waals surface area contributed by atoms with E-state index in [9.17, 15) is 12.8 Å². The molecule has 0 spiro atoms. The monoisotopic (exact) mass is 311 g/mol. The highest BCUT2D eigenvalue weighted by molar-refractivity contribution is 7.91. The summed E-state index contributed by atoms with van der Waals surface area (Å²) in [6.45, 7) is 0.560. The molecule has 1 atom stereocenters. The Bertz CT molecular complexity index is 562. The van der Waals surface area contributed by atoms with Gasteiger partial charge in [-0.3, -0.25) is 0 Å². The van der Waals surface area contributed by atoms with Crippen LogP contribution < -0.4 is 5.32 Å². The zero-order valence-electron chi connectivity index (χ0n) is 9.42. The van der Waals surface area contributed by atoms with Crippen molar-refractivity contribution in [2.45, 2.75) is 12.5 Å². The first-order chi connectivity index (χ1) is 8.39. The number of nitrogens with one attached hydrogen (secondary N) is 1. The Balaban J connectivity index is 2.38. The summed E-state index contributed by atoms with van der Waals surface area (Å²) in [5.74, 6) is -0.530. The van der Waals surface area contributed by atoms with Gasteiger partial charge in [0.15, 0.2) is 9.84 Å². The van der Waals surface area contributed by atoms with Crippen molar-refractivity contribution in [1.82, 2.24) is 5.32 Å². The van der Waals surface area contributed by atoms with Crippen molar-refractivity contribution in [3.8, 4) is 0 Å². The molecule has 0 aromatic heterocycles. The van der Waals surface area contributed by atoms with Crippen LogP contribution in [-0.2, 0) is 9.84 Å². The highest BCUT2D eigenvalue weighted by Gasteiger charge is 2.25. The van der Waals surface area contributed by atoms with Gasteiger partial charge in [0.25, 0.3) is 0 Å². The maximum atomic E-state index is 13.4. The Hall–Kier alpha value is -0.360. The molecule has 1 aromatic rings. The molecule has 1 unspecified atom stereocenters. The Morgan fingerprint density at radius 2 is 2.00 bits per heavy atom. The van der Waals surface area contributed by atoms with Crippen LogP contribution in [0.2, 0.25) is 10.0 Å². The molecule has 100 valence electrons. The minimum Gasteiger partial charge on any atom is -0.309 e. The van der Waals surface area contributed by atoms with E-state index in [4.69, 9.17) is 23.2 Å². The maximum Gasteiger partial charge on any atom is 0.152 e. The fraction of sp³-hybridized carbons (Fsp3) is 0.455. The summed E-state index contributed by atoms with van der Waals surface area (Å²) < 4.78 is 36.9. The highest BCUT2D eigenvalue weighted by Crippen LogP contribution is 2.30. The average Bonchev–Trinajstić information content (AvgIpc) is 2.44. The van der Waals surface area contributed by atoms with Gasteiger partial charge in [0.2, 0.25) is 0 Å². The summed E-state index contributed by atoms with van der Waals surface area (Å²) in [7, 11) is -3.13. The SMILES string of the molecule is O=S1(=O)CCCNC(c2cc(F)c(Cl)cc2Cl)C1. The molecule has 0 saturated carbocycles. The molecule has 2 rings (SSSR count). The van der Waals surface area contributed by atoms with E-state index >= 15 is 0 Å². The lowest BCUT2D eigenvalue weighted by Gasteiger charge is -2.17. The molecule has 1 aliphatic rings. The summed E-state index contributed by atoms with van der Waals surface area (Å²) in [4.78, 5) is 0. The predicted molar refractivity (Wildman–Crippen MR) is 70.4 cm³/mol. The van der Waals surface area contributed by atoms with Crippen LogP contribution in [0.3, 0.4) is 0 Å². The van der Waals surface area contributed by atoms with Crippen LogP contribution in [-0.4, -0.2) is 26.5 Å². The lowest BCUT2D eigenvalue weighted by molar-refractivity contribution is 0.565. The fourth-order valence-electron chi connectivity index (χ4n) is 1.97. The molecule has 18 heavy (non-hydrogen) atoms. The molecule has 7 heteroatoms. The summed E-state index contributed by atoms with van der Waals surface area (Å²) in [5.41, 5.74) is 0.434. The summed E-state index contributed by atoms with van der Waals surface area (Å²) in [5, 5.41) is 3.27. The summed E-state index contributed by atoms with van der Waals surface area (Å²) >= 11 is 11.6. The highest BCUT2D eigenvalue weighted by atomic mass is 35.5. The van der Waals surface area contributed by atoms with E-state index in [1.807, 2.05) is 0 Å². The van der Waals surface area contributed by atoms with Gasteiger partial charge in [0.1, 0.15) is 5.82 Å². The Kier molecular flexibility index (Phi) is 4.16. The summed E-state index contributed by atoms with van der Waals surface area (Å²) in [6, 6.07) is 2.01. The molecule has 1 aliphatic heterocycles.